The molecule has 1 aromatic rings. The molecule has 1 rings (SSSR count). The molecule has 0 aliphatic rings. The van der Waals surface area contributed by atoms with Crippen LogP contribution in [0.2, 0.25) is 0 Å². The summed E-state index contributed by atoms with van der Waals surface area (Å²) in [6, 6.07) is 0. The number of hydrogen-bond acceptors (Lipinski definition) is 2. The minimum atomic E-state index is 0. The zero-order valence-electron chi connectivity index (χ0n) is 4.72. The maximum Gasteiger partial charge on any atom is 0.00951 e. The van der Waals surface area contributed by atoms with Gasteiger partial charge in [-0.05, 0) is 12.2 Å². The van der Waals surface area contributed by atoms with Crippen molar-refractivity contribution in [3.8, 4) is 0 Å². The molecule has 0 bridgehead atoms. The summed E-state index contributed by atoms with van der Waals surface area (Å²) in [5.74, 6) is 0.766. The van der Waals surface area contributed by atoms with Gasteiger partial charge in [0, 0.05) is 27.5 Å². The van der Waals surface area contributed by atoms with E-state index in [4.69, 9.17) is 0 Å². The van der Waals surface area contributed by atoms with E-state index in [2.05, 4.69) is 16.4 Å². The maximum atomic E-state index is 3.86. The molecule has 0 aromatic carbocycles. The molecule has 0 atom stereocenters. The first kappa shape index (κ1) is 7.80. The summed E-state index contributed by atoms with van der Waals surface area (Å²) in [6.45, 7) is 1.83. The predicted octanol–water partition coefficient (Wildman–Crippen LogP) is -0.0788. The standard InChI is InChI=1S/C4H6N3.Re/c1-4-5-3-7(2)6-4;/h1-2H3;/q-1;. The zero-order chi connectivity index (χ0) is 5.28. The Bertz CT molecular complexity index is 144. The Balaban J connectivity index is 0.000000490. The van der Waals surface area contributed by atoms with Crippen molar-refractivity contribution in [1.29, 1.82) is 0 Å². The van der Waals surface area contributed by atoms with Crippen molar-refractivity contribution in [3.63, 3.8) is 0 Å². The van der Waals surface area contributed by atoms with Gasteiger partial charge in [0.1, 0.15) is 0 Å². The molecule has 0 aliphatic heterocycles. The Kier molecular flexibility index (Phi) is 2.88. The van der Waals surface area contributed by atoms with Crippen molar-refractivity contribution in [2.24, 2.45) is 7.05 Å². The van der Waals surface area contributed by atoms with E-state index in [1.807, 2.05) is 6.92 Å². The molecule has 1 heterocycles. The number of rotatable bonds is 0. The molecule has 0 amide bonds. The minimum absolute atomic E-state index is 0. The SMILES string of the molecule is Cc1n[c-]n(C)n1.[Re]. The Labute approximate surface area is 61.8 Å². The third-order valence-electron chi connectivity index (χ3n) is 0.651. The van der Waals surface area contributed by atoms with Gasteiger partial charge >= 0.3 is 0 Å². The van der Waals surface area contributed by atoms with Crippen molar-refractivity contribution in [2.45, 2.75) is 6.92 Å². The molecule has 4 heteroatoms. The molecule has 45 valence electrons. The Morgan fingerprint density at radius 3 is 2.38 bits per heavy atom. The second kappa shape index (κ2) is 2.96. The van der Waals surface area contributed by atoms with Gasteiger partial charge in [-0.2, -0.15) is 0 Å². The summed E-state index contributed by atoms with van der Waals surface area (Å²) >= 11 is 0. The topological polar surface area (TPSA) is 30.7 Å². The quantitative estimate of drug-likeness (QED) is 0.623. The van der Waals surface area contributed by atoms with E-state index in [1.54, 1.807) is 11.7 Å². The molecule has 0 N–H and O–H groups in total. The molecule has 0 unspecified atom stereocenters. The van der Waals surface area contributed by atoms with Crippen LogP contribution in [0.1, 0.15) is 5.82 Å². The normalized spacial score (nSPS) is 8.25. The van der Waals surface area contributed by atoms with E-state index in [9.17, 15) is 0 Å². The molecule has 1 radical (unpaired) electrons. The van der Waals surface area contributed by atoms with E-state index < -0.39 is 0 Å². The van der Waals surface area contributed by atoms with Crippen molar-refractivity contribution in [3.05, 3.63) is 12.2 Å². The van der Waals surface area contributed by atoms with E-state index in [1.165, 1.54) is 0 Å². The molecular weight excluding hydrogens is 276 g/mol. The average molecular weight is 282 g/mol. The Hall–Kier alpha value is -0.198. The van der Waals surface area contributed by atoms with Gasteiger partial charge in [-0.3, -0.25) is 5.10 Å². The summed E-state index contributed by atoms with van der Waals surface area (Å²) in [4.78, 5) is 3.74. The fraction of sp³-hybridized carbons (Fsp3) is 0.500. The van der Waals surface area contributed by atoms with Crippen LogP contribution in [0, 0.1) is 13.3 Å². The van der Waals surface area contributed by atoms with Crippen LogP contribution in [-0.2, 0) is 27.5 Å². The monoisotopic (exact) mass is 283 g/mol. The second-order valence-electron chi connectivity index (χ2n) is 1.38. The van der Waals surface area contributed by atoms with Gasteiger partial charge in [-0.25, -0.2) is 0 Å². The first-order valence-corrected chi connectivity index (χ1v) is 2.04. The molecular formula is C4H6N3Re-. The van der Waals surface area contributed by atoms with Crippen LogP contribution in [0.15, 0.2) is 0 Å². The van der Waals surface area contributed by atoms with Crippen LogP contribution in [0.4, 0.5) is 0 Å². The zero-order valence-corrected chi connectivity index (χ0v) is 7.44. The third kappa shape index (κ3) is 1.73. The van der Waals surface area contributed by atoms with Crippen LogP contribution in [0.25, 0.3) is 0 Å². The fourth-order valence-electron chi connectivity index (χ4n) is 0.407. The van der Waals surface area contributed by atoms with Crippen LogP contribution < -0.4 is 0 Å². The molecule has 0 fully saturated rings. The van der Waals surface area contributed by atoms with Crippen molar-refractivity contribution >= 4 is 0 Å². The average Bonchev–Trinajstić information content (AvgIpc) is 1.87. The summed E-state index contributed by atoms with van der Waals surface area (Å²) in [5.41, 5.74) is 0. The summed E-state index contributed by atoms with van der Waals surface area (Å²) in [5, 5.41) is 3.86. The molecule has 0 saturated carbocycles. The smallest absolute Gasteiger partial charge is 0.00951 e. The van der Waals surface area contributed by atoms with E-state index in [-0.39, 0.29) is 20.4 Å². The molecule has 0 aliphatic carbocycles. The van der Waals surface area contributed by atoms with Gasteiger partial charge < -0.3 is 9.67 Å². The van der Waals surface area contributed by atoms with Gasteiger partial charge in [0.2, 0.25) is 0 Å². The Morgan fingerprint density at radius 2 is 2.25 bits per heavy atom. The van der Waals surface area contributed by atoms with Gasteiger partial charge in [-0.15, -0.1) is 0 Å². The minimum Gasteiger partial charge on any atom is -0.418 e. The maximum absolute atomic E-state index is 3.86. The number of hydrogen-bond donors (Lipinski definition) is 0. The second-order valence-corrected chi connectivity index (χ2v) is 1.38. The first-order valence-electron chi connectivity index (χ1n) is 2.04. The molecule has 0 spiro atoms. The largest absolute Gasteiger partial charge is 0.418 e. The molecule has 0 saturated heterocycles. The van der Waals surface area contributed by atoms with Gasteiger partial charge in [0.25, 0.3) is 0 Å². The number of aromatic nitrogens is 3. The van der Waals surface area contributed by atoms with Gasteiger partial charge in [0.05, 0.1) is 0 Å². The number of nitrogens with zero attached hydrogens (tertiary/aromatic N) is 3. The van der Waals surface area contributed by atoms with E-state index in [0.29, 0.717) is 0 Å². The summed E-state index contributed by atoms with van der Waals surface area (Å²) in [6.07, 6.45) is 2.62. The predicted molar refractivity (Wildman–Crippen MR) is 24.6 cm³/mol. The number of aryl methyl sites for hydroxylation is 2. The first-order chi connectivity index (χ1) is 3.29. The van der Waals surface area contributed by atoms with Crippen LogP contribution in [-0.4, -0.2) is 14.8 Å². The third-order valence-corrected chi connectivity index (χ3v) is 0.651. The van der Waals surface area contributed by atoms with Gasteiger partial charge in [0.15, 0.2) is 0 Å². The van der Waals surface area contributed by atoms with Crippen LogP contribution >= 0.6 is 0 Å². The summed E-state index contributed by atoms with van der Waals surface area (Å²) < 4.78 is 1.55. The van der Waals surface area contributed by atoms with Crippen molar-refractivity contribution in [2.75, 3.05) is 0 Å². The van der Waals surface area contributed by atoms with Gasteiger partial charge in [-0.1, -0.05) is 6.92 Å². The molecule has 1 aromatic heterocycles. The molecule has 8 heavy (non-hydrogen) atoms. The van der Waals surface area contributed by atoms with Crippen LogP contribution in [0.3, 0.4) is 0 Å². The van der Waals surface area contributed by atoms with E-state index in [0.717, 1.165) is 5.82 Å². The molecule has 3 nitrogen and oxygen atoms in total. The van der Waals surface area contributed by atoms with Crippen molar-refractivity contribution < 1.29 is 20.4 Å². The van der Waals surface area contributed by atoms with Crippen molar-refractivity contribution in [1.82, 2.24) is 14.8 Å². The van der Waals surface area contributed by atoms with Crippen LogP contribution in [0.5, 0.6) is 0 Å². The summed E-state index contributed by atoms with van der Waals surface area (Å²) in [7, 11) is 1.79. The van der Waals surface area contributed by atoms with E-state index >= 15 is 0 Å². The Morgan fingerprint density at radius 1 is 1.62 bits per heavy atom. The fourth-order valence-corrected chi connectivity index (χ4v) is 0.407.